The lowest BCUT2D eigenvalue weighted by atomic mass is 10.2. The normalized spacial score (nSPS) is 11.6. The Morgan fingerprint density at radius 3 is 2.60 bits per heavy atom. The van der Waals surface area contributed by atoms with E-state index < -0.39 is 10.0 Å². The van der Waals surface area contributed by atoms with Gasteiger partial charge in [0.25, 0.3) is 10.0 Å². The van der Waals surface area contributed by atoms with Crippen molar-refractivity contribution in [3.05, 3.63) is 46.2 Å². The molecule has 0 aliphatic carbocycles. The van der Waals surface area contributed by atoms with Crippen molar-refractivity contribution in [3.63, 3.8) is 0 Å². The van der Waals surface area contributed by atoms with Gasteiger partial charge in [-0.2, -0.15) is 0 Å². The van der Waals surface area contributed by atoms with Crippen molar-refractivity contribution in [2.45, 2.75) is 18.4 Å². The van der Waals surface area contributed by atoms with Gasteiger partial charge < -0.3 is 10.3 Å². The minimum absolute atomic E-state index is 0.211. The van der Waals surface area contributed by atoms with Crippen molar-refractivity contribution in [2.75, 3.05) is 4.72 Å². The first-order chi connectivity index (χ1) is 9.33. The first-order valence-electron chi connectivity index (χ1n) is 5.98. The lowest BCUT2D eigenvalue weighted by Gasteiger charge is -2.09. The number of aryl methyl sites for hydroxylation is 2. The van der Waals surface area contributed by atoms with E-state index in [2.05, 4.69) is 20.7 Å². The van der Waals surface area contributed by atoms with E-state index in [1.165, 1.54) is 0 Å². The number of benzene rings is 1. The number of hydrogen-bond donors (Lipinski definition) is 2. The molecular weight excluding hydrogens is 342 g/mol. The van der Waals surface area contributed by atoms with Crippen LogP contribution in [0.2, 0.25) is 0 Å². The van der Waals surface area contributed by atoms with Crippen LogP contribution in [0.5, 0.6) is 0 Å². The van der Waals surface area contributed by atoms with Gasteiger partial charge in [0.05, 0.1) is 5.69 Å². The summed E-state index contributed by atoms with van der Waals surface area (Å²) in [6, 6.07) is 6.95. The molecule has 108 valence electrons. The molecule has 0 aliphatic rings. The van der Waals surface area contributed by atoms with Gasteiger partial charge in [-0.3, -0.25) is 4.72 Å². The Hall–Kier alpha value is -1.31. The largest absolute Gasteiger partial charge is 0.352 e. The molecule has 1 aromatic carbocycles. The molecule has 2 rings (SSSR count). The van der Waals surface area contributed by atoms with Crippen LogP contribution in [-0.4, -0.2) is 13.0 Å². The SMILES string of the molecule is Cc1cc(Br)ccc1NS(=O)(=O)c1cc(CN)n(C)c1. The number of nitrogens with two attached hydrogens (primary N) is 1. The number of sulfonamides is 1. The van der Waals surface area contributed by atoms with Crippen molar-refractivity contribution in [1.82, 2.24) is 4.57 Å². The first kappa shape index (κ1) is 15.1. The number of hydrogen-bond acceptors (Lipinski definition) is 3. The second-order valence-electron chi connectivity index (χ2n) is 4.55. The third-order valence-electron chi connectivity index (χ3n) is 3.04. The first-order valence-corrected chi connectivity index (χ1v) is 8.25. The average Bonchev–Trinajstić information content (AvgIpc) is 2.75. The maximum Gasteiger partial charge on any atom is 0.263 e. The van der Waals surface area contributed by atoms with Crippen LogP contribution in [0, 0.1) is 6.92 Å². The van der Waals surface area contributed by atoms with E-state index >= 15 is 0 Å². The molecule has 0 radical (unpaired) electrons. The van der Waals surface area contributed by atoms with Gasteiger partial charge in [-0.1, -0.05) is 15.9 Å². The van der Waals surface area contributed by atoms with Crippen molar-refractivity contribution in [3.8, 4) is 0 Å². The molecule has 0 atom stereocenters. The van der Waals surface area contributed by atoms with Gasteiger partial charge in [0.1, 0.15) is 4.90 Å². The van der Waals surface area contributed by atoms with E-state index in [-0.39, 0.29) is 4.90 Å². The van der Waals surface area contributed by atoms with Crippen LogP contribution >= 0.6 is 15.9 Å². The number of nitrogens with zero attached hydrogens (tertiary/aromatic N) is 1. The zero-order valence-electron chi connectivity index (χ0n) is 11.2. The van der Waals surface area contributed by atoms with Crippen molar-refractivity contribution in [2.24, 2.45) is 12.8 Å². The second kappa shape index (κ2) is 5.59. The predicted octanol–water partition coefficient (Wildman–Crippen LogP) is 2.36. The minimum Gasteiger partial charge on any atom is -0.352 e. The topological polar surface area (TPSA) is 77.1 Å². The van der Waals surface area contributed by atoms with E-state index in [0.29, 0.717) is 12.2 Å². The van der Waals surface area contributed by atoms with E-state index in [0.717, 1.165) is 15.7 Å². The van der Waals surface area contributed by atoms with Crippen LogP contribution in [-0.2, 0) is 23.6 Å². The molecular formula is C13H16BrN3O2S. The van der Waals surface area contributed by atoms with Crippen LogP contribution in [0.1, 0.15) is 11.3 Å². The summed E-state index contributed by atoms with van der Waals surface area (Å²) in [5, 5.41) is 0. The molecule has 1 heterocycles. The Morgan fingerprint density at radius 1 is 1.35 bits per heavy atom. The molecule has 0 aliphatic heterocycles. The number of rotatable bonds is 4. The van der Waals surface area contributed by atoms with Crippen molar-refractivity contribution in [1.29, 1.82) is 0 Å². The third kappa shape index (κ3) is 3.05. The molecule has 2 aromatic rings. The van der Waals surface area contributed by atoms with E-state index in [9.17, 15) is 8.42 Å². The fraction of sp³-hybridized carbons (Fsp3) is 0.231. The lowest BCUT2D eigenvalue weighted by Crippen LogP contribution is -2.13. The highest BCUT2D eigenvalue weighted by Gasteiger charge is 2.18. The number of aromatic nitrogens is 1. The van der Waals surface area contributed by atoms with Crippen molar-refractivity contribution < 1.29 is 8.42 Å². The summed E-state index contributed by atoms with van der Waals surface area (Å²) in [5.41, 5.74) is 7.73. The quantitative estimate of drug-likeness (QED) is 0.881. The van der Waals surface area contributed by atoms with Gasteiger partial charge >= 0.3 is 0 Å². The van der Waals surface area contributed by atoms with Crippen LogP contribution in [0.15, 0.2) is 39.8 Å². The molecule has 3 N–H and O–H groups in total. The summed E-state index contributed by atoms with van der Waals surface area (Å²) in [5.74, 6) is 0. The second-order valence-corrected chi connectivity index (χ2v) is 7.14. The Morgan fingerprint density at radius 2 is 2.05 bits per heavy atom. The third-order valence-corrected chi connectivity index (χ3v) is 4.86. The Balaban J connectivity index is 2.35. The fourth-order valence-electron chi connectivity index (χ4n) is 1.87. The highest BCUT2D eigenvalue weighted by Crippen LogP contribution is 2.23. The summed E-state index contributed by atoms with van der Waals surface area (Å²) in [6.07, 6.45) is 1.55. The van der Waals surface area contributed by atoms with Crippen LogP contribution in [0.3, 0.4) is 0 Å². The molecule has 0 saturated heterocycles. The maximum absolute atomic E-state index is 12.3. The molecule has 5 nitrogen and oxygen atoms in total. The van der Waals surface area contributed by atoms with Gasteiger partial charge in [0.15, 0.2) is 0 Å². The van der Waals surface area contributed by atoms with E-state index in [4.69, 9.17) is 5.73 Å². The summed E-state index contributed by atoms with van der Waals surface area (Å²) in [4.78, 5) is 0.211. The molecule has 20 heavy (non-hydrogen) atoms. The molecule has 0 bridgehead atoms. The zero-order chi connectivity index (χ0) is 14.9. The van der Waals surface area contributed by atoms with Crippen LogP contribution in [0.25, 0.3) is 0 Å². The number of nitrogens with one attached hydrogen (secondary N) is 1. The molecule has 0 unspecified atom stereocenters. The molecule has 0 fully saturated rings. The maximum atomic E-state index is 12.3. The molecule has 0 saturated carbocycles. The highest BCUT2D eigenvalue weighted by molar-refractivity contribution is 9.10. The van der Waals surface area contributed by atoms with E-state index in [1.807, 2.05) is 13.0 Å². The Labute approximate surface area is 127 Å². The smallest absolute Gasteiger partial charge is 0.263 e. The molecule has 1 aromatic heterocycles. The summed E-state index contributed by atoms with van der Waals surface area (Å²) in [7, 11) is -1.83. The van der Waals surface area contributed by atoms with Gasteiger partial charge in [0, 0.05) is 30.0 Å². The lowest BCUT2D eigenvalue weighted by molar-refractivity contribution is 0.601. The minimum atomic E-state index is -3.60. The standard InChI is InChI=1S/C13H16BrN3O2S/c1-9-5-10(14)3-4-13(9)16-20(18,19)12-6-11(7-15)17(2)8-12/h3-6,8,16H,7,15H2,1-2H3. The zero-order valence-corrected chi connectivity index (χ0v) is 13.6. The summed E-state index contributed by atoms with van der Waals surface area (Å²) in [6.45, 7) is 2.14. The fourth-order valence-corrected chi connectivity index (χ4v) is 3.57. The average molecular weight is 358 g/mol. The van der Waals surface area contributed by atoms with Gasteiger partial charge in [0.2, 0.25) is 0 Å². The van der Waals surface area contributed by atoms with Crippen molar-refractivity contribution >= 4 is 31.6 Å². The monoisotopic (exact) mass is 357 g/mol. The van der Waals surface area contributed by atoms with Crippen LogP contribution in [0.4, 0.5) is 5.69 Å². The predicted molar refractivity (Wildman–Crippen MR) is 83.0 cm³/mol. The van der Waals surface area contributed by atoms with E-state index in [1.54, 1.807) is 36.0 Å². The molecule has 0 spiro atoms. The van der Waals surface area contributed by atoms with Gasteiger partial charge in [-0.15, -0.1) is 0 Å². The molecule has 0 amide bonds. The summed E-state index contributed by atoms with van der Waals surface area (Å²) < 4.78 is 29.9. The number of anilines is 1. The number of halogens is 1. The Bertz CT molecular complexity index is 738. The van der Waals surface area contributed by atoms with Gasteiger partial charge in [-0.05, 0) is 36.8 Å². The molecule has 7 heteroatoms. The van der Waals surface area contributed by atoms with Crippen LogP contribution < -0.4 is 10.5 Å². The Kier molecular flexibility index (Phi) is 4.22. The summed E-state index contributed by atoms with van der Waals surface area (Å²) >= 11 is 3.35. The highest BCUT2D eigenvalue weighted by atomic mass is 79.9. The van der Waals surface area contributed by atoms with Gasteiger partial charge in [-0.25, -0.2) is 8.42 Å².